The molecule has 0 unspecified atom stereocenters. The number of hydrogen-bond acceptors (Lipinski definition) is 6. The first-order valence-corrected chi connectivity index (χ1v) is 14.3. The van der Waals surface area contributed by atoms with E-state index < -0.39 is 0 Å². The molecule has 0 aliphatic heterocycles. The standard InChI is InChI=1S/C38H24N6/c1-2-6-25(7-3-1)32-16-14-29-20-27(13-15-33(29)41-32)28-11-10-26-12-17-34(42-35(26)21-28)38-43-36(30-8-4-18-39-23-30)22-37(44-38)31-9-5-19-40-24-31/h1-24H. The van der Waals surface area contributed by atoms with Crippen LogP contribution in [0.4, 0.5) is 0 Å². The SMILES string of the molecule is c1ccc(-c2ccc3cc(-c4ccc5ccc(-c6nc(-c7cccnc7)cc(-c7cccnc7)n6)nc5c4)ccc3n2)cc1. The molecule has 6 nitrogen and oxygen atoms in total. The molecule has 6 heteroatoms. The predicted octanol–water partition coefficient (Wildman–Crippen LogP) is 8.70. The minimum absolute atomic E-state index is 0.545. The Morgan fingerprint density at radius 3 is 1.68 bits per heavy atom. The fourth-order valence-electron chi connectivity index (χ4n) is 5.38. The zero-order valence-electron chi connectivity index (χ0n) is 23.5. The van der Waals surface area contributed by atoms with Gasteiger partial charge in [0, 0.05) is 52.3 Å². The summed E-state index contributed by atoms with van der Waals surface area (Å²) >= 11 is 0. The quantitative estimate of drug-likeness (QED) is 0.208. The topological polar surface area (TPSA) is 77.3 Å². The number of hydrogen-bond donors (Lipinski definition) is 0. The van der Waals surface area contributed by atoms with E-state index in [-0.39, 0.29) is 0 Å². The van der Waals surface area contributed by atoms with Crippen molar-refractivity contribution < 1.29 is 0 Å². The number of benzene rings is 3. The Bertz CT molecular complexity index is 2210. The normalized spacial score (nSPS) is 11.2. The monoisotopic (exact) mass is 564 g/mol. The van der Waals surface area contributed by atoms with Crippen LogP contribution in [0.15, 0.2) is 146 Å². The molecular weight excluding hydrogens is 540 g/mol. The van der Waals surface area contributed by atoms with Crippen molar-refractivity contribution in [2.75, 3.05) is 0 Å². The van der Waals surface area contributed by atoms with Gasteiger partial charge in [0.1, 0.15) is 5.69 Å². The highest BCUT2D eigenvalue weighted by atomic mass is 14.9. The molecule has 0 amide bonds. The van der Waals surface area contributed by atoms with Crippen molar-refractivity contribution in [1.82, 2.24) is 29.9 Å². The number of rotatable bonds is 5. The maximum atomic E-state index is 5.04. The van der Waals surface area contributed by atoms with Crippen molar-refractivity contribution in [3.05, 3.63) is 146 Å². The zero-order valence-corrected chi connectivity index (χ0v) is 23.5. The van der Waals surface area contributed by atoms with Crippen LogP contribution in [-0.4, -0.2) is 29.9 Å². The van der Waals surface area contributed by atoms with Crippen LogP contribution in [0, 0.1) is 0 Å². The van der Waals surface area contributed by atoms with Crippen molar-refractivity contribution >= 4 is 21.8 Å². The summed E-state index contributed by atoms with van der Waals surface area (Å²) in [6.07, 6.45) is 7.12. The van der Waals surface area contributed by atoms with Gasteiger partial charge in [0.2, 0.25) is 0 Å². The Balaban J connectivity index is 1.19. The molecule has 206 valence electrons. The van der Waals surface area contributed by atoms with Gasteiger partial charge < -0.3 is 0 Å². The highest BCUT2D eigenvalue weighted by Gasteiger charge is 2.13. The molecule has 8 rings (SSSR count). The van der Waals surface area contributed by atoms with Crippen LogP contribution in [0.3, 0.4) is 0 Å². The summed E-state index contributed by atoms with van der Waals surface area (Å²) in [4.78, 5) is 28.3. The summed E-state index contributed by atoms with van der Waals surface area (Å²) in [5.74, 6) is 0.545. The zero-order chi connectivity index (χ0) is 29.3. The summed E-state index contributed by atoms with van der Waals surface area (Å²) in [6.45, 7) is 0. The van der Waals surface area contributed by atoms with Gasteiger partial charge in [-0.25, -0.2) is 19.9 Å². The maximum absolute atomic E-state index is 5.04. The number of aromatic nitrogens is 6. The fourth-order valence-corrected chi connectivity index (χ4v) is 5.38. The Morgan fingerprint density at radius 2 is 0.955 bits per heavy atom. The lowest BCUT2D eigenvalue weighted by molar-refractivity contribution is 1.15. The van der Waals surface area contributed by atoms with E-state index in [0.717, 1.165) is 66.7 Å². The fraction of sp³-hybridized carbons (Fsp3) is 0. The van der Waals surface area contributed by atoms with Crippen molar-refractivity contribution in [3.8, 4) is 56.4 Å². The Kier molecular flexibility index (Phi) is 6.35. The largest absolute Gasteiger partial charge is 0.264 e. The molecule has 0 fully saturated rings. The first kappa shape index (κ1) is 25.6. The maximum Gasteiger partial charge on any atom is 0.179 e. The molecular formula is C38H24N6. The molecule has 0 spiro atoms. The molecule has 0 saturated heterocycles. The van der Waals surface area contributed by atoms with E-state index in [1.165, 1.54) is 0 Å². The molecule has 0 aliphatic carbocycles. The minimum atomic E-state index is 0.545. The second kappa shape index (κ2) is 10.9. The van der Waals surface area contributed by atoms with Crippen molar-refractivity contribution in [1.29, 1.82) is 0 Å². The lowest BCUT2D eigenvalue weighted by atomic mass is 10.0. The molecule has 0 saturated carbocycles. The summed E-state index contributed by atoms with van der Waals surface area (Å²) in [6, 6.07) is 41.0. The average Bonchev–Trinajstić information content (AvgIpc) is 3.11. The second-order valence-electron chi connectivity index (χ2n) is 10.5. The minimum Gasteiger partial charge on any atom is -0.264 e. The van der Waals surface area contributed by atoms with Crippen molar-refractivity contribution in [2.24, 2.45) is 0 Å². The van der Waals surface area contributed by atoms with Crippen molar-refractivity contribution in [2.45, 2.75) is 0 Å². The lowest BCUT2D eigenvalue weighted by Gasteiger charge is -2.10. The van der Waals surface area contributed by atoms with E-state index in [2.05, 4.69) is 76.7 Å². The highest BCUT2D eigenvalue weighted by Crippen LogP contribution is 2.30. The molecule has 5 heterocycles. The third kappa shape index (κ3) is 4.95. The lowest BCUT2D eigenvalue weighted by Crippen LogP contribution is -1.98. The molecule has 0 aliphatic rings. The Labute approximate surface area is 253 Å². The molecule has 0 atom stereocenters. The number of fused-ring (bicyclic) bond motifs is 2. The van der Waals surface area contributed by atoms with Crippen LogP contribution >= 0.6 is 0 Å². The third-order valence-corrected chi connectivity index (χ3v) is 7.65. The molecule has 44 heavy (non-hydrogen) atoms. The van der Waals surface area contributed by atoms with E-state index in [1.807, 2.05) is 54.6 Å². The molecule has 5 aromatic heterocycles. The second-order valence-corrected chi connectivity index (χ2v) is 10.5. The van der Waals surface area contributed by atoms with Gasteiger partial charge in [0.05, 0.1) is 28.1 Å². The smallest absolute Gasteiger partial charge is 0.179 e. The van der Waals surface area contributed by atoms with E-state index in [1.54, 1.807) is 24.8 Å². The van der Waals surface area contributed by atoms with Crippen LogP contribution in [0.25, 0.3) is 78.2 Å². The average molecular weight is 565 g/mol. The van der Waals surface area contributed by atoms with Crippen LogP contribution in [-0.2, 0) is 0 Å². The van der Waals surface area contributed by atoms with Gasteiger partial charge in [-0.05, 0) is 71.8 Å². The predicted molar refractivity (Wildman–Crippen MR) is 175 cm³/mol. The Morgan fingerprint density at radius 1 is 0.341 bits per heavy atom. The van der Waals surface area contributed by atoms with Crippen LogP contribution in [0.1, 0.15) is 0 Å². The molecule has 0 radical (unpaired) electrons. The van der Waals surface area contributed by atoms with Gasteiger partial charge in [-0.2, -0.15) is 0 Å². The first-order valence-electron chi connectivity index (χ1n) is 14.3. The van der Waals surface area contributed by atoms with Crippen LogP contribution in [0.2, 0.25) is 0 Å². The Hall–Kier alpha value is -6.14. The summed E-state index contributed by atoms with van der Waals surface area (Å²) < 4.78 is 0. The van der Waals surface area contributed by atoms with Gasteiger partial charge in [-0.3, -0.25) is 9.97 Å². The summed E-state index contributed by atoms with van der Waals surface area (Å²) in [5.41, 5.74) is 10.2. The molecule has 8 aromatic rings. The van der Waals surface area contributed by atoms with E-state index >= 15 is 0 Å². The molecule has 0 bridgehead atoms. The van der Waals surface area contributed by atoms with Crippen molar-refractivity contribution in [3.63, 3.8) is 0 Å². The number of pyridine rings is 4. The van der Waals surface area contributed by atoms with Gasteiger partial charge in [-0.15, -0.1) is 0 Å². The van der Waals surface area contributed by atoms with Gasteiger partial charge in [-0.1, -0.05) is 60.7 Å². The van der Waals surface area contributed by atoms with Gasteiger partial charge in [0.15, 0.2) is 5.82 Å². The number of nitrogens with zero attached hydrogens (tertiary/aromatic N) is 6. The van der Waals surface area contributed by atoms with Gasteiger partial charge >= 0.3 is 0 Å². The third-order valence-electron chi connectivity index (χ3n) is 7.65. The highest BCUT2D eigenvalue weighted by molar-refractivity contribution is 5.90. The summed E-state index contributed by atoms with van der Waals surface area (Å²) in [7, 11) is 0. The van der Waals surface area contributed by atoms with E-state index in [4.69, 9.17) is 19.9 Å². The molecule has 0 N–H and O–H groups in total. The summed E-state index contributed by atoms with van der Waals surface area (Å²) in [5, 5.41) is 2.14. The van der Waals surface area contributed by atoms with E-state index in [0.29, 0.717) is 11.5 Å². The van der Waals surface area contributed by atoms with Crippen LogP contribution < -0.4 is 0 Å². The molecule has 3 aromatic carbocycles. The first-order chi connectivity index (χ1) is 21.8. The van der Waals surface area contributed by atoms with E-state index in [9.17, 15) is 0 Å². The van der Waals surface area contributed by atoms with Gasteiger partial charge in [0.25, 0.3) is 0 Å². The van der Waals surface area contributed by atoms with Crippen LogP contribution in [0.5, 0.6) is 0 Å².